The molecule has 2 N–H and O–H groups in total. The van der Waals surface area contributed by atoms with Crippen molar-refractivity contribution in [3.63, 3.8) is 0 Å². The maximum Gasteiger partial charge on any atom is 0.131 e. The maximum atomic E-state index is 5.75. The molecule has 2 aromatic carbocycles. The van der Waals surface area contributed by atoms with E-state index < -0.39 is 0 Å². The fourth-order valence-corrected chi connectivity index (χ4v) is 1.69. The van der Waals surface area contributed by atoms with Crippen LogP contribution >= 0.6 is 0 Å². The van der Waals surface area contributed by atoms with Crippen molar-refractivity contribution in [2.24, 2.45) is 5.73 Å². The van der Waals surface area contributed by atoms with E-state index in [1.165, 1.54) is 0 Å². The van der Waals surface area contributed by atoms with Crippen LogP contribution in [0.4, 0.5) is 0 Å². The molecule has 3 heteroatoms. The molecule has 0 heterocycles. The highest BCUT2D eigenvalue weighted by molar-refractivity contribution is 5.36. The molecular weight excluding hydrogens is 238 g/mol. The Morgan fingerprint density at radius 2 is 1.53 bits per heavy atom. The monoisotopic (exact) mass is 257 g/mol. The molecule has 0 fully saturated rings. The summed E-state index contributed by atoms with van der Waals surface area (Å²) in [6.45, 7) is 1.40. The lowest BCUT2D eigenvalue weighted by atomic mass is 10.3. The summed E-state index contributed by atoms with van der Waals surface area (Å²) < 4.78 is 11.4. The molecule has 0 aromatic heterocycles. The van der Waals surface area contributed by atoms with Crippen LogP contribution in [0.1, 0.15) is 12.8 Å². The van der Waals surface area contributed by atoms with Crippen LogP contribution < -0.4 is 15.2 Å². The highest BCUT2D eigenvalue weighted by atomic mass is 16.5. The molecular formula is C16H19NO2. The van der Waals surface area contributed by atoms with Gasteiger partial charge in [-0.1, -0.05) is 24.3 Å². The summed E-state index contributed by atoms with van der Waals surface area (Å²) in [5, 5.41) is 0. The number of hydrogen-bond donors (Lipinski definition) is 1. The van der Waals surface area contributed by atoms with E-state index in [2.05, 4.69) is 0 Å². The van der Waals surface area contributed by atoms with Crippen LogP contribution in [0.5, 0.6) is 17.2 Å². The lowest BCUT2D eigenvalue weighted by Gasteiger charge is -2.09. The first-order valence-electron chi connectivity index (χ1n) is 6.54. The minimum atomic E-state index is 0.686. The molecule has 0 unspecified atom stereocenters. The van der Waals surface area contributed by atoms with Crippen molar-refractivity contribution in [1.29, 1.82) is 0 Å². The molecule has 0 bridgehead atoms. The Labute approximate surface area is 114 Å². The van der Waals surface area contributed by atoms with E-state index in [4.69, 9.17) is 15.2 Å². The standard InChI is InChI=1S/C16H19NO2/c17-11-4-5-12-18-15-9-6-10-16(13-15)19-14-7-2-1-3-8-14/h1-3,6-10,13H,4-5,11-12,17H2. The lowest BCUT2D eigenvalue weighted by molar-refractivity contribution is 0.306. The molecule has 2 rings (SSSR count). The molecule has 0 aliphatic heterocycles. The molecule has 0 aliphatic rings. The topological polar surface area (TPSA) is 44.5 Å². The number of hydrogen-bond acceptors (Lipinski definition) is 3. The first kappa shape index (κ1) is 13.4. The van der Waals surface area contributed by atoms with Crippen LogP contribution in [0, 0.1) is 0 Å². The second kappa shape index (κ2) is 7.44. The number of benzene rings is 2. The van der Waals surface area contributed by atoms with Gasteiger partial charge in [0.2, 0.25) is 0 Å². The second-order valence-corrected chi connectivity index (χ2v) is 4.23. The quantitative estimate of drug-likeness (QED) is 0.771. The van der Waals surface area contributed by atoms with Gasteiger partial charge in [-0.3, -0.25) is 0 Å². The van der Waals surface area contributed by atoms with Crippen LogP contribution in [-0.4, -0.2) is 13.2 Å². The van der Waals surface area contributed by atoms with E-state index in [-0.39, 0.29) is 0 Å². The summed E-state index contributed by atoms with van der Waals surface area (Å²) in [4.78, 5) is 0. The summed E-state index contributed by atoms with van der Waals surface area (Å²) in [6.07, 6.45) is 1.96. The van der Waals surface area contributed by atoms with Crippen molar-refractivity contribution < 1.29 is 9.47 Å². The van der Waals surface area contributed by atoms with Gasteiger partial charge in [0.05, 0.1) is 6.61 Å². The Morgan fingerprint density at radius 1 is 0.789 bits per heavy atom. The van der Waals surface area contributed by atoms with Gasteiger partial charge in [-0.25, -0.2) is 0 Å². The summed E-state index contributed by atoms with van der Waals surface area (Å²) in [5.41, 5.74) is 5.44. The number of ether oxygens (including phenoxy) is 2. The van der Waals surface area contributed by atoms with Gasteiger partial charge in [0.1, 0.15) is 17.2 Å². The zero-order valence-electron chi connectivity index (χ0n) is 10.9. The summed E-state index contributed by atoms with van der Waals surface area (Å²) in [7, 11) is 0. The number of para-hydroxylation sites is 1. The zero-order valence-corrected chi connectivity index (χ0v) is 10.9. The molecule has 0 saturated heterocycles. The minimum absolute atomic E-state index is 0.686. The molecule has 0 spiro atoms. The van der Waals surface area contributed by atoms with E-state index in [1.807, 2.05) is 54.6 Å². The number of nitrogens with two attached hydrogens (primary N) is 1. The van der Waals surface area contributed by atoms with Crippen LogP contribution in [0.3, 0.4) is 0 Å². The Kier molecular flexibility index (Phi) is 5.26. The summed E-state index contributed by atoms with van der Waals surface area (Å²) >= 11 is 0. The summed E-state index contributed by atoms with van der Waals surface area (Å²) in [5.74, 6) is 2.43. The Balaban J connectivity index is 1.91. The molecule has 100 valence electrons. The number of rotatable bonds is 7. The Hall–Kier alpha value is -2.00. The minimum Gasteiger partial charge on any atom is -0.493 e. The van der Waals surface area contributed by atoms with Crippen molar-refractivity contribution in [3.05, 3.63) is 54.6 Å². The average molecular weight is 257 g/mol. The molecule has 0 atom stereocenters. The molecule has 0 saturated carbocycles. The van der Waals surface area contributed by atoms with Crippen molar-refractivity contribution in [1.82, 2.24) is 0 Å². The van der Waals surface area contributed by atoms with Crippen LogP contribution in [0.2, 0.25) is 0 Å². The third-order valence-electron chi connectivity index (χ3n) is 2.65. The van der Waals surface area contributed by atoms with Crippen LogP contribution in [0.25, 0.3) is 0 Å². The van der Waals surface area contributed by atoms with E-state index in [0.717, 1.165) is 30.1 Å². The first-order valence-corrected chi connectivity index (χ1v) is 6.54. The lowest BCUT2D eigenvalue weighted by Crippen LogP contribution is -2.03. The Morgan fingerprint density at radius 3 is 2.32 bits per heavy atom. The van der Waals surface area contributed by atoms with Gasteiger partial charge in [0.25, 0.3) is 0 Å². The van der Waals surface area contributed by atoms with Gasteiger partial charge in [-0.2, -0.15) is 0 Å². The van der Waals surface area contributed by atoms with Crippen molar-refractivity contribution in [3.8, 4) is 17.2 Å². The number of unbranched alkanes of at least 4 members (excludes halogenated alkanes) is 1. The maximum absolute atomic E-state index is 5.75. The first-order chi connectivity index (χ1) is 9.38. The fourth-order valence-electron chi connectivity index (χ4n) is 1.69. The van der Waals surface area contributed by atoms with Gasteiger partial charge < -0.3 is 15.2 Å². The van der Waals surface area contributed by atoms with Crippen LogP contribution in [-0.2, 0) is 0 Å². The SMILES string of the molecule is NCCCCOc1cccc(Oc2ccccc2)c1. The molecule has 3 nitrogen and oxygen atoms in total. The third kappa shape index (κ3) is 4.64. The average Bonchev–Trinajstić information content (AvgIpc) is 2.45. The normalized spacial score (nSPS) is 10.2. The van der Waals surface area contributed by atoms with E-state index in [0.29, 0.717) is 13.2 Å². The van der Waals surface area contributed by atoms with Gasteiger partial charge in [-0.15, -0.1) is 0 Å². The molecule has 2 aromatic rings. The molecule has 0 aliphatic carbocycles. The molecule has 0 radical (unpaired) electrons. The van der Waals surface area contributed by atoms with Gasteiger partial charge in [-0.05, 0) is 43.7 Å². The third-order valence-corrected chi connectivity index (χ3v) is 2.65. The zero-order chi connectivity index (χ0) is 13.3. The van der Waals surface area contributed by atoms with Gasteiger partial charge in [0.15, 0.2) is 0 Å². The summed E-state index contributed by atoms with van der Waals surface area (Å²) in [6, 6.07) is 17.4. The highest BCUT2D eigenvalue weighted by Crippen LogP contribution is 2.24. The second-order valence-electron chi connectivity index (χ2n) is 4.23. The van der Waals surface area contributed by atoms with Crippen molar-refractivity contribution >= 4 is 0 Å². The largest absolute Gasteiger partial charge is 0.493 e. The van der Waals surface area contributed by atoms with Crippen molar-refractivity contribution in [2.75, 3.05) is 13.2 Å². The predicted octanol–water partition coefficient (Wildman–Crippen LogP) is 3.60. The molecule has 0 amide bonds. The van der Waals surface area contributed by atoms with E-state index >= 15 is 0 Å². The van der Waals surface area contributed by atoms with E-state index in [1.54, 1.807) is 0 Å². The predicted molar refractivity (Wildman–Crippen MR) is 76.7 cm³/mol. The smallest absolute Gasteiger partial charge is 0.131 e. The Bertz CT molecular complexity index is 485. The van der Waals surface area contributed by atoms with Crippen LogP contribution in [0.15, 0.2) is 54.6 Å². The molecule has 19 heavy (non-hydrogen) atoms. The van der Waals surface area contributed by atoms with E-state index in [9.17, 15) is 0 Å². The van der Waals surface area contributed by atoms with Gasteiger partial charge >= 0.3 is 0 Å². The fraction of sp³-hybridized carbons (Fsp3) is 0.250. The van der Waals surface area contributed by atoms with Crippen molar-refractivity contribution in [2.45, 2.75) is 12.8 Å². The van der Waals surface area contributed by atoms with Gasteiger partial charge in [0, 0.05) is 6.07 Å². The highest BCUT2D eigenvalue weighted by Gasteiger charge is 1.99.